The fourth-order valence-electron chi connectivity index (χ4n) is 2.22. The molecule has 1 saturated heterocycles. The second kappa shape index (κ2) is 6.63. The van der Waals surface area contributed by atoms with Crippen LogP contribution in [0.1, 0.15) is 18.7 Å². The zero-order chi connectivity index (χ0) is 13.7. The highest BCUT2D eigenvalue weighted by molar-refractivity contribution is 5.78. The number of nitrogens with one attached hydrogen (secondary N) is 1. The van der Waals surface area contributed by atoms with Crippen LogP contribution < -0.4 is 11.1 Å². The lowest BCUT2D eigenvalue weighted by atomic mass is 10.1. The van der Waals surface area contributed by atoms with Gasteiger partial charge < -0.3 is 15.6 Å². The minimum atomic E-state index is 0.0673. The number of likely N-dealkylation sites (tertiary alicyclic amines) is 1. The molecule has 1 aliphatic rings. The zero-order valence-corrected chi connectivity index (χ0v) is 11.4. The molecule has 2 rings (SSSR count). The Balaban J connectivity index is 1.63. The number of aryl methyl sites for hydroxylation is 1. The maximum absolute atomic E-state index is 11.8. The fourth-order valence-corrected chi connectivity index (χ4v) is 2.22. The van der Waals surface area contributed by atoms with Crippen LogP contribution in [0.25, 0.3) is 0 Å². The van der Waals surface area contributed by atoms with Gasteiger partial charge in [0.2, 0.25) is 5.91 Å². The minimum Gasteiger partial charge on any atom is -0.355 e. The van der Waals surface area contributed by atoms with Crippen molar-refractivity contribution < 1.29 is 4.79 Å². The monoisotopic (exact) mass is 266 g/mol. The first-order valence-corrected chi connectivity index (χ1v) is 6.72. The molecule has 1 amide bonds. The van der Waals surface area contributed by atoms with Crippen molar-refractivity contribution in [2.24, 2.45) is 12.8 Å². The first-order valence-electron chi connectivity index (χ1n) is 6.72. The van der Waals surface area contributed by atoms with Crippen LogP contribution in [-0.4, -0.2) is 57.8 Å². The Morgan fingerprint density at radius 3 is 2.89 bits per heavy atom. The van der Waals surface area contributed by atoms with E-state index in [-0.39, 0.29) is 5.91 Å². The lowest BCUT2D eigenvalue weighted by Gasteiger charge is -2.29. The number of hydrogen-bond acceptors (Lipinski definition) is 5. The van der Waals surface area contributed by atoms with E-state index in [2.05, 4.69) is 20.4 Å². The summed E-state index contributed by atoms with van der Waals surface area (Å²) >= 11 is 0. The van der Waals surface area contributed by atoms with Gasteiger partial charge in [0.15, 0.2) is 0 Å². The number of hydrogen-bond donors (Lipinski definition) is 2. The van der Waals surface area contributed by atoms with Gasteiger partial charge in [-0.15, -0.1) is 10.2 Å². The molecule has 7 nitrogen and oxygen atoms in total. The summed E-state index contributed by atoms with van der Waals surface area (Å²) in [6.07, 6.45) is 4.32. The van der Waals surface area contributed by atoms with Gasteiger partial charge in [0.1, 0.15) is 12.2 Å². The van der Waals surface area contributed by atoms with E-state index in [1.807, 2.05) is 11.6 Å². The second-order valence-corrected chi connectivity index (χ2v) is 5.07. The Hall–Kier alpha value is -1.47. The van der Waals surface area contributed by atoms with Crippen LogP contribution in [-0.2, 0) is 18.3 Å². The number of carbonyl (C=O) groups excluding carboxylic acids is 1. The minimum absolute atomic E-state index is 0.0673. The van der Waals surface area contributed by atoms with Crippen LogP contribution in [0.3, 0.4) is 0 Å². The van der Waals surface area contributed by atoms with Gasteiger partial charge in [-0.3, -0.25) is 9.69 Å². The van der Waals surface area contributed by atoms with E-state index >= 15 is 0 Å². The Kier molecular flexibility index (Phi) is 4.86. The molecule has 3 N–H and O–H groups in total. The van der Waals surface area contributed by atoms with E-state index in [0.29, 0.717) is 25.6 Å². The van der Waals surface area contributed by atoms with Crippen molar-refractivity contribution in [1.82, 2.24) is 25.0 Å². The number of rotatable bonds is 5. The van der Waals surface area contributed by atoms with Crippen LogP contribution in [0.4, 0.5) is 0 Å². The molecule has 0 radical (unpaired) electrons. The van der Waals surface area contributed by atoms with Crippen molar-refractivity contribution in [2.75, 3.05) is 26.2 Å². The van der Waals surface area contributed by atoms with Gasteiger partial charge in [0.05, 0.1) is 6.54 Å². The maximum Gasteiger partial charge on any atom is 0.234 e. The molecule has 0 atom stereocenters. The van der Waals surface area contributed by atoms with E-state index in [4.69, 9.17) is 5.73 Å². The second-order valence-electron chi connectivity index (χ2n) is 5.07. The predicted molar refractivity (Wildman–Crippen MR) is 71.4 cm³/mol. The highest BCUT2D eigenvalue weighted by atomic mass is 16.2. The largest absolute Gasteiger partial charge is 0.355 e. The lowest BCUT2D eigenvalue weighted by Crippen LogP contribution is -2.44. The molecule has 0 unspecified atom stereocenters. The summed E-state index contributed by atoms with van der Waals surface area (Å²) in [4.78, 5) is 13.9. The molecule has 0 aliphatic carbocycles. The Morgan fingerprint density at radius 1 is 1.53 bits per heavy atom. The first-order chi connectivity index (χ1) is 9.15. The van der Waals surface area contributed by atoms with E-state index in [1.165, 1.54) is 0 Å². The average molecular weight is 266 g/mol. The highest BCUT2D eigenvalue weighted by Gasteiger charge is 2.17. The third-order valence-corrected chi connectivity index (χ3v) is 3.48. The normalized spacial score (nSPS) is 17.6. The number of amides is 1. The topological polar surface area (TPSA) is 89.1 Å². The standard InChI is InChI=1S/C12H22N6O/c1-17-9-15-16-11(17)2-5-14-12(19)8-18-6-3-10(13)4-7-18/h9-10H,2-8,13H2,1H3,(H,14,19). The Bertz CT molecular complexity index is 410. The van der Waals surface area contributed by atoms with Gasteiger partial charge in [-0.1, -0.05) is 0 Å². The number of carbonyl (C=O) groups is 1. The van der Waals surface area contributed by atoms with Crippen LogP contribution in [0.5, 0.6) is 0 Å². The van der Waals surface area contributed by atoms with Crippen molar-refractivity contribution in [1.29, 1.82) is 0 Å². The fraction of sp³-hybridized carbons (Fsp3) is 0.750. The molecular formula is C12H22N6O. The van der Waals surface area contributed by atoms with Crippen LogP contribution in [0.15, 0.2) is 6.33 Å². The van der Waals surface area contributed by atoms with Crippen LogP contribution >= 0.6 is 0 Å². The third-order valence-electron chi connectivity index (χ3n) is 3.48. The van der Waals surface area contributed by atoms with E-state index in [1.54, 1.807) is 6.33 Å². The summed E-state index contributed by atoms with van der Waals surface area (Å²) in [6, 6.07) is 0.301. The lowest BCUT2D eigenvalue weighted by molar-refractivity contribution is -0.122. The van der Waals surface area contributed by atoms with Crippen molar-refractivity contribution >= 4 is 5.91 Å². The van der Waals surface area contributed by atoms with E-state index < -0.39 is 0 Å². The Labute approximate surface area is 113 Å². The van der Waals surface area contributed by atoms with Crippen molar-refractivity contribution in [3.63, 3.8) is 0 Å². The molecule has 0 spiro atoms. The summed E-state index contributed by atoms with van der Waals surface area (Å²) < 4.78 is 1.86. The van der Waals surface area contributed by atoms with Crippen molar-refractivity contribution in [3.05, 3.63) is 12.2 Å². The van der Waals surface area contributed by atoms with Crippen LogP contribution in [0, 0.1) is 0 Å². The molecule has 7 heteroatoms. The van der Waals surface area contributed by atoms with Gasteiger partial charge >= 0.3 is 0 Å². The molecule has 0 saturated carbocycles. The molecule has 1 aromatic heterocycles. The van der Waals surface area contributed by atoms with Gasteiger partial charge in [-0.25, -0.2) is 0 Å². The van der Waals surface area contributed by atoms with Crippen molar-refractivity contribution in [3.8, 4) is 0 Å². The summed E-state index contributed by atoms with van der Waals surface area (Å²) in [6.45, 7) is 2.89. The molecule has 0 aromatic carbocycles. The van der Waals surface area contributed by atoms with Gasteiger partial charge in [-0.2, -0.15) is 0 Å². The molecule has 1 aliphatic heterocycles. The smallest absolute Gasteiger partial charge is 0.234 e. The quantitative estimate of drug-likeness (QED) is 0.706. The summed E-state index contributed by atoms with van der Waals surface area (Å²) in [5, 5.41) is 10.7. The first kappa shape index (κ1) is 14.0. The van der Waals surface area contributed by atoms with Gasteiger partial charge in [-0.05, 0) is 12.8 Å². The highest BCUT2D eigenvalue weighted by Crippen LogP contribution is 2.07. The summed E-state index contributed by atoms with van der Waals surface area (Å²) in [7, 11) is 1.90. The molecule has 106 valence electrons. The number of nitrogens with zero attached hydrogens (tertiary/aromatic N) is 4. The summed E-state index contributed by atoms with van der Waals surface area (Å²) in [5.74, 6) is 0.946. The third kappa shape index (κ3) is 4.29. The molecule has 2 heterocycles. The van der Waals surface area contributed by atoms with E-state index in [0.717, 1.165) is 31.8 Å². The molecule has 19 heavy (non-hydrogen) atoms. The summed E-state index contributed by atoms with van der Waals surface area (Å²) in [5.41, 5.74) is 5.83. The van der Waals surface area contributed by atoms with E-state index in [9.17, 15) is 4.79 Å². The maximum atomic E-state index is 11.8. The SMILES string of the molecule is Cn1cnnc1CCNC(=O)CN1CCC(N)CC1. The number of nitrogens with two attached hydrogens (primary N) is 1. The van der Waals surface area contributed by atoms with Gasteiger partial charge in [0, 0.05) is 39.1 Å². The zero-order valence-electron chi connectivity index (χ0n) is 11.4. The number of aromatic nitrogens is 3. The average Bonchev–Trinajstić information content (AvgIpc) is 2.78. The van der Waals surface area contributed by atoms with Crippen LogP contribution in [0.2, 0.25) is 0 Å². The Morgan fingerprint density at radius 2 is 2.26 bits per heavy atom. The molecular weight excluding hydrogens is 244 g/mol. The number of piperidine rings is 1. The van der Waals surface area contributed by atoms with Crippen molar-refractivity contribution in [2.45, 2.75) is 25.3 Å². The molecule has 1 aromatic rings. The predicted octanol–water partition coefficient (Wildman–Crippen LogP) is -1.10. The van der Waals surface area contributed by atoms with Gasteiger partial charge in [0.25, 0.3) is 0 Å². The molecule has 1 fully saturated rings. The molecule has 0 bridgehead atoms.